The van der Waals surface area contributed by atoms with Gasteiger partial charge in [0, 0.05) is 23.6 Å². The summed E-state index contributed by atoms with van der Waals surface area (Å²) in [7, 11) is 3.26. The van der Waals surface area contributed by atoms with Gasteiger partial charge in [0.2, 0.25) is 0 Å². The van der Waals surface area contributed by atoms with Crippen molar-refractivity contribution < 1.29 is 9.47 Å². The van der Waals surface area contributed by atoms with Crippen LogP contribution in [0.5, 0.6) is 11.5 Å². The molecule has 0 spiro atoms. The number of hydrogen-bond acceptors (Lipinski definition) is 3. The zero-order valence-electron chi connectivity index (χ0n) is 9.98. The standard InChI is InChI=1S/C12H16ClNO2/c1-12(2)6-14-11-8(16-4)5-7(15-3)10(13)9(11)12/h5,14H,6H2,1-4H3. The van der Waals surface area contributed by atoms with Gasteiger partial charge in [-0.2, -0.15) is 0 Å². The summed E-state index contributed by atoms with van der Waals surface area (Å²) in [5.74, 6) is 1.44. The molecule has 0 saturated heterocycles. The molecule has 0 radical (unpaired) electrons. The fraction of sp³-hybridized carbons (Fsp3) is 0.500. The Kier molecular flexibility index (Phi) is 2.66. The number of anilines is 1. The molecule has 1 heterocycles. The third-order valence-corrected chi connectivity index (χ3v) is 3.39. The van der Waals surface area contributed by atoms with E-state index in [4.69, 9.17) is 21.1 Å². The van der Waals surface area contributed by atoms with Gasteiger partial charge in [-0.25, -0.2) is 0 Å². The lowest BCUT2D eigenvalue weighted by molar-refractivity contribution is 0.394. The number of halogens is 1. The minimum atomic E-state index is -0.00572. The summed E-state index contributed by atoms with van der Waals surface area (Å²) < 4.78 is 10.6. The van der Waals surface area contributed by atoms with Gasteiger partial charge in [0.15, 0.2) is 0 Å². The van der Waals surface area contributed by atoms with E-state index in [1.54, 1.807) is 14.2 Å². The van der Waals surface area contributed by atoms with Crippen molar-refractivity contribution >= 4 is 17.3 Å². The fourth-order valence-corrected chi connectivity index (χ4v) is 2.61. The molecule has 1 aromatic carbocycles. The van der Waals surface area contributed by atoms with Crippen molar-refractivity contribution in [1.29, 1.82) is 0 Å². The average Bonchev–Trinajstić information content (AvgIpc) is 2.56. The minimum absolute atomic E-state index is 0.00572. The van der Waals surface area contributed by atoms with Crippen LogP contribution >= 0.6 is 11.6 Å². The number of nitrogens with one attached hydrogen (secondary N) is 1. The number of ether oxygens (including phenoxy) is 2. The van der Waals surface area contributed by atoms with Gasteiger partial charge >= 0.3 is 0 Å². The van der Waals surface area contributed by atoms with Crippen LogP contribution in [0.3, 0.4) is 0 Å². The van der Waals surface area contributed by atoms with Crippen LogP contribution in [0, 0.1) is 0 Å². The van der Waals surface area contributed by atoms with E-state index in [2.05, 4.69) is 19.2 Å². The Morgan fingerprint density at radius 3 is 2.44 bits per heavy atom. The van der Waals surface area contributed by atoms with Crippen LogP contribution in [0.1, 0.15) is 19.4 Å². The van der Waals surface area contributed by atoms with Gasteiger partial charge < -0.3 is 14.8 Å². The molecule has 1 aliphatic heterocycles. The zero-order chi connectivity index (χ0) is 11.9. The van der Waals surface area contributed by atoms with Gasteiger partial charge in [-0.05, 0) is 0 Å². The molecule has 4 heteroatoms. The number of methoxy groups -OCH3 is 2. The van der Waals surface area contributed by atoms with Crippen LogP contribution in [0.2, 0.25) is 5.02 Å². The molecular weight excluding hydrogens is 226 g/mol. The summed E-state index contributed by atoms with van der Waals surface area (Å²) in [6.45, 7) is 5.15. The van der Waals surface area contributed by atoms with E-state index < -0.39 is 0 Å². The SMILES string of the molecule is COc1cc(OC)c2c(c1Cl)C(C)(C)CN2. The first-order valence-electron chi connectivity index (χ1n) is 5.20. The third kappa shape index (κ3) is 1.50. The van der Waals surface area contributed by atoms with E-state index in [0.29, 0.717) is 10.8 Å². The summed E-state index contributed by atoms with van der Waals surface area (Å²) in [6, 6.07) is 1.82. The van der Waals surface area contributed by atoms with Gasteiger partial charge in [0.05, 0.1) is 24.9 Å². The summed E-state index contributed by atoms with van der Waals surface area (Å²) in [4.78, 5) is 0. The maximum atomic E-state index is 6.35. The van der Waals surface area contributed by atoms with Crippen molar-refractivity contribution in [1.82, 2.24) is 0 Å². The quantitative estimate of drug-likeness (QED) is 0.863. The Hall–Kier alpha value is -1.09. The maximum Gasteiger partial charge on any atom is 0.146 e. The number of fused-ring (bicyclic) bond motifs is 1. The van der Waals surface area contributed by atoms with E-state index in [1.807, 2.05) is 6.07 Å². The van der Waals surface area contributed by atoms with E-state index in [9.17, 15) is 0 Å². The molecule has 0 saturated carbocycles. The first-order valence-corrected chi connectivity index (χ1v) is 5.58. The summed E-state index contributed by atoms with van der Waals surface area (Å²) in [5.41, 5.74) is 2.05. The van der Waals surface area contributed by atoms with Crippen molar-refractivity contribution in [3.8, 4) is 11.5 Å². The Morgan fingerprint density at radius 2 is 1.88 bits per heavy atom. The van der Waals surface area contributed by atoms with E-state index >= 15 is 0 Å². The number of benzene rings is 1. The van der Waals surface area contributed by atoms with Crippen LogP contribution in [0.4, 0.5) is 5.69 Å². The first kappa shape index (κ1) is 11.4. The van der Waals surface area contributed by atoms with Crippen molar-refractivity contribution in [2.24, 2.45) is 0 Å². The fourth-order valence-electron chi connectivity index (χ4n) is 2.13. The van der Waals surface area contributed by atoms with E-state index in [0.717, 1.165) is 23.5 Å². The molecule has 88 valence electrons. The lowest BCUT2D eigenvalue weighted by Crippen LogP contribution is -2.19. The van der Waals surface area contributed by atoms with Gasteiger partial charge in [0.1, 0.15) is 11.5 Å². The largest absolute Gasteiger partial charge is 0.495 e. The molecule has 0 aliphatic carbocycles. The zero-order valence-corrected chi connectivity index (χ0v) is 10.7. The summed E-state index contributed by atoms with van der Waals surface area (Å²) in [6.07, 6.45) is 0. The average molecular weight is 242 g/mol. The topological polar surface area (TPSA) is 30.5 Å². The van der Waals surface area contributed by atoms with E-state index in [1.165, 1.54) is 0 Å². The normalized spacial score (nSPS) is 16.6. The Labute approximate surface area is 101 Å². The molecule has 0 fully saturated rings. The monoisotopic (exact) mass is 241 g/mol. The molecule has 1 aliphatic rings. The lowest BCUT2D eigenvalue weighted by Gasteiger charge is -2.20. The van der Waals surface area contributed by atoms with Crippen molar-refractivity contribution in [3.05, 3.63) is 16.7 Å². The molecule has 0 aromatic heterocycles. The van der Waals surface area contributed by atoms with Crippen molar-refractivity contribution in [3.63, 3.8) is 0 Å². The van der Waals surface area contributed by atoms with Crippen LogP contribution < -0.4 is 14.8 Å². The lowest BCUT2D eigenvalue weighted by atomic mass is 9.86. The Morgan fingerprint density at radius 1 is 1.25 bits per heavy atom. The van der Waals surface area contributed by atoms with Gasteiger partial charge in [0.25, 0.3) is 0 Å². The van der Waals surface area contributed by atoms with Crippen molar-refractivity contribution in [2.75, 3.05) is 26.1 Å². The second kappa shape index (κ2) is 3.74. The summed E-state index contributed by atoms with van der Waals surface area (Å²) in [5, 5.41) is 4.01. The highest BCUT2D eigenvalue weighted by atomic mass is 35.5. The molecule has 3 nitrogen and oxygen atoms in total. The van der Waals surface area contributed by atoms with Gasteiger partial charge in [-0.3, -0.25) is 0 Å². The highest BCUT2D eigenvalue weighted by Crippen LogP contribution is 2.49. The van der Waals surface area contributed by atoms with Crippen LogP contribution in [0.25, 0.3) is 0 Å². The molecule has 16 heavy (non-hydrogen) atoms. The van der Waals surface area contributed by atoms with E-state index in [-0.39, 0.29) is 5.41 Å². The van der Waals surface area contributed by atoms with Crippen LogP contribution in [-0.4, -0.2) is 20.8 Å². The Balaban J connectivity index is 2.70. The smallest absolute Gasteiger partial charge is 0.146 e. The maximum absolute atomic E-state index is 6.35. The molecular formula is C12H16ClNO2. The third-order valence-electron chi connectivity index (χ3n) is 3.02. The van der Waals surface area contributed by atoms with Crippen LogP contribution in [-0.2, 0) is 5.41 Å². The molecule has 0 amide bonds. The predicted octanol–water partition coefficient (Wildman–Crippen LogP) is 3.06. The van der Waals surface area contributed by atoms with Crippen LogP contribution in [0.15, 0.2) is 6.07 Å². The molecule has 1 aromatic rings. The van der Waals surface area contributed by atoms with Gasteiger partial charge in [-0.15, -0.1) is 0 Å². The van der Waals surface area contributed by atoms with Gasteiger partial charge in [-0.1, -0.05) is 25.4 Å². The van der Waals surface area contributed by atoms with Crippen molar-refractivity contribution in [2.45, 2.75) is 19.3 Å². The predicted molar refractivity (Wildman–Crippen MR) is 66.1 cm³/mol. The minimum Gasteiger partial charge on any atom is -0.495 e. The number of hydrogen-bond donors (Lipinski definition) is 1. The Bertz CT molecular complexity index is 430. The number of rotatable bonds is 2. The first-order chi connectivity index (χ1) is 7.51. The second-order valence-electron chi connectivity index (χ2n) is 4.58. The molecule has 1 N–H and O–H groups in total. The molecule has 2 rings (SSSR count). The highest BCUT2D eigenvalue weighted by molar-refractivity contribution is 6.33. The molecule has 0 bridgehead atoms. The second-order valence-corrected chi connectivity index (χ2v) is 4.96. The summed E-state index contributed by atoms with van der Waals surface area (Å²) >= 11 is 6.35. The molecule has 0 unspecified atom stereocenters. The molecule has 0 atom stereocenters. The highest BCUT2D eigenvalue weighted by Gasteiger charge is 2.35.